The monoisotopic (exact) mass is 290 g/mol. The maximum atomic E-state index is 13.5. The first-order valence-electron chi connectivity index (χ1n) is 6.75. The lowest BCUT2D eigenvalue weighted by molar-refractivity contribution is 0.210. The van der Waals surface area contributed by atoms with Crippen molar-refractivity contribution < 1.29 is 9.13 Å². The number of aryl methyl sites for hydroxylation is 1. The van der Waals surface area contributed by atoms with Gasteiger partial charge in [-0.3, -0.25) is 0 Å². The van der Waals surface area contributed by atoms with Gasteiger partial charge in [0.2, 0.25) is 5.95 Å². The normalized spacial score (nSPS) is 10.4. The minimum atomic E-state index is -0.240. The van der Waals surface area contributed by atoms with E-state index < -0.39 is 0 Å². The number of halogens is 1. The SMILES string of the molecule is COCCNc1cc(C)nc(NCc2ccccc2F)n1. The van der Waals surface area contributed by atoms with Crippen molar-refractivity contribution in [2.75, 3.05) is 30.9 Å². The molecule has 1 aromatic heterocycles. The van der Waals surface area contributed by atoms with E-state index in [1.165, 1.54) is 6.07 Å². The fourth-order valence-corrected chi connectivity index (χ4v) is 1.84. The van der Waals surface area contributed by atoms with Crippen LogP contribution in [0.1, 0.15) is 11.3 Å². The summed E-state index contributed by atoms with van der Waals surface area (Å²) in [6.07, 6.45) is 0. The van der Waals surface area contributed by atoms with Crippen molar-refractivity contribution >= 4 is 11.8 Å². The van der Waals surface area contributed by atoms with Crippen molar-refractivity contribution in [1.82, 2.24) is 9.97 Å². The van der Waals surface area contributed by atoms with Crippen LogP contribution in [0.2, 0.25) is 0 Å². The van der Waals surface area contributed by atoms with Crippen molar-refractivity contribution in [3.05, 3.63) is 47.4 Å². The highest BCUT2D eigenvalue weighted by molar-refractivity contribution is 5.42. The highest BCUT2D eigenvalue weighted by Gasteiger charge is 2.04. The molecule has 21 heavy (non-hydrogen) atoms. The Morgan fingerprint density at radius 3 is 2.76 bits per heavy atom. The van der Waals surface area contributed by atoms with E-state index >= 15 is 0 Å². The number of rotatable bonds is 7. The van der Waals surface area contributed by atoms with Crippen LogP contribution in [0.4, 0.5) is 16.2 Å². The van der Waals surface area contributed by atoms with Crippen molar-refractivity contribution in [1.29, 1.82) is 0 Å². The van der Waals surface area contributed by atoms with Gasteiger partial charge in [-0.2, -0.15) is 4.98 Å². The molecule has 0 unspecified atom stereocenters. The molecule has 0 saturated carbocycles. The van der Waals surface area contributed by atoms with Gasteiger partial charge in [-0.1, -0.05) is 18.2 Å². The minimum Gasteiger partial charge on any atom is -0.383 e. The second kappa shape index (κ2) is 7.54. The summed E-state index contributed by atoms with van der Waals surface area (Å²) in [6, 6.07) is 8.49. The van der Waals surface area contributed by atoms with E-state index in [1.54, 1.807) is 25.3 Å². The number of nitrogens with zero attached hydrogens (tertiary/aromatic N) is 2. The van der Waals surface area contributed by atoms with Crippen LogP contribution in [-0.2, 0) is 11.3 Å². The largest absolute Gasteiger partial charge is 0.383 e. The molecule has 2 rings (SSSR count). The molecule has 6 heteroatoms. The first-order valence-corrected chi connectivity index (χ1v) is 6.75. The number of nitrogens with one attached hydrogen (secondary N) is 2. The zero-order chi connectivity index (χ0) is 15.1. The zero-order valence-corrected chi connectivity index (χ0v) is 12.2. The molecule has 0 amide bonds. The Morgan fingerprint density at radius 1 is 1.19 bits per heavy atom. The van der Waals surface area contributed by atoms with Crippen molar-refractivity contribution in [3.63, 3.8) is 0 Å². The molecule has 2 N–H and O–H groups in total. The molecule has 0 aliphatic heterocycles. The minimum absolute atomic E-state index is 0.240. The zero-order valence-electron chi connectivity index (χ0n) is 12.2. The lowest BCUT2D eigenvalue weighted by Crippen LogP contribution is -2.11. The highest BCUT2D eigenvalue weighted by atomic mass is 19.1. The van der Waals surface area contributed by atoms with Gasteiger partial charge in [0.05, 0.1) is 6.61 Å². The lowest BCUT2D eigenvalue weighted by Gasteiger charge is -2.10. The molecule has 0 aliphatic rings. The van der Waals surface area contributed by atoms with E-state index in [4.69, 9.17) is 4.74 Å². The number of aromatic nitrogens is 2. The second-order valence-electron chi connectivity index (χ2n) is 4.58. The van der Waals surface area contributed by atoms with Gasteiger partial charge < -0.3 is 15.4 Å². The number of hydrogen-bond donors (Lipinski definition) is 2. The van der Waals surface area contributed by atoms with Gasteiger partial charge in [-0.25, -0.2) is 9.37 Å². The summed E-state index contributed by atoms with van der Waals surface area (Å²) in [6.45, 7) is 3.49. The molecule has 5 nitrogen and oxygen atoms in total. The summed E-state index contributed by atoms with van der Waals surface area (Å²) in [5.41, 5.74) is 1.41. The van der Waals surface area contributed by atoms with Crippen LogP contribution < -0.4 is 10.6 Å². The topological polar surface area (TPSA) is 59.1 Å². The molecular formula is C15H19FN4O. The molecule has 0 atom stereocenters. The third kappa shape index (κ3) is 4.68. The number of hydrogen-bond acceptors (Lipinski definition) is 5. The molecule has 1 heterocycles. The molecule has 1 aromatic carbocycles. The van der Waals surface area contributed by atoms with E-state index in [0.717, 1.165) is 11.5 Å². The van der Waals surface area contributed by atoms with E-state index in [0.29, 0.717) is 31.2 Å². The number of benzene rings is 1. The second-order valence-corrected chi connectivity index (χ2v) is 4.58. The van der Waals surface area contributed by atoms with Crippen LogP contribution in [-0.4, -0.2) is 30.2 Å². The fraction of sp³-hybridized carbons (Fsp3) is 0.333. The van der Waals surface area contributed by atoms with Crippen LogP contribution in [0.15, 0.2) is 30.3 Å². The van der Waals surface area contributed by atoms with Gasteiger partial charge in [0.25, 0.3) is 0 Å². The maximum absolute atomic E-state index is 13.5. The summed E-state index contributed by atoms with van der Waals surface area (Å²) in [5, 5.41) is 6.19. The van der Waals surface area contributed by atoms with Gasteiger partial charge in [0.1, 0.15) is 11.6 Å². The molecule has 112 valence electrons. The van der Waals surface area contributed by atoms with Gasteiger partial charge in [0, 0.05) is 37.5 Å². The van der Waals surface area contributed by atoms with Crippen LogP contribution in [0.5, 0.6) is 0 Å². The maximum Gasteiger partial charge on any atom is 0.225 e. The van der Waals surface area contributed by atoms with Crippen molar-refractivity contribution in [2.45, 2.75) is 13.5 Å². The lowest BCUT2D eigenvalue weighted by atomic mass is 10.2. The number of ether oxygens (including phenoxy) is 1. The van der Waals surface area contributed by atoms with Crippen LogP contribution >= 0.6 is 0 Å². The van der Waals surface area contributed by atoms with Crippen LogP contribution in [0, 0.1) is 12.7 Å². The molecule has 0 aliphatic carbocycles. The molecule has 2 aromatic rings. The molecule has 0 radical (unpaired) electrons. The predicted molar refractivity (Wildman–Crippen MR) is 80.9 cm³/mol. The first kappa shape index (κ1) is 15.2. The molecule has 0 spiro atoms. The smallest absolute Gasteiger partial charge is 0.225 e. The van der Waals surface area contributed by atoms with E-state index in [1.807, 2.05) is 13.0 Å². The van der Waals surface area contributed by atoms with Gasteiger partial charge in [-0.05, 0) is 13.0 Å². The first-order chi connectivity index (χ1) is 10.2. The average molecular weight is 290 g/mol. The molecular weight excluding hydrogens is 271 g/mol. The Hall–Kier alpha value is -2.21. The summed E-state index contributed by atoms with van der Waals surface area (Å²) >= 11 is 0. The highest BCUT2D eigenvalue weighted by Crippen LogP contribution is 2.12. The Morgan fingerprint density at radius 2 is 2.00 bits per heavy atom. The summed E-state index contributed by atoms with van der Waals surface area (Å²) < 4.78 is 18.5. The third-order valence-corrected chi connectivity index (χ3v) is 2.86. The Bertz CT molecular complexity index is 592. The van der Waals surface area contributed by atoms with E-state index in [2.05, 4.69) is 20.6 Å². The Kier molecular flexibility index (Phi) is 5.45. The average Bonchev–Trinajstić information content (AvgIpc) is 2.46. The standard InChI is InChI=1S/C15H19FN4O/c1-11-9-14(17-7-8-21-2)20-15(19-11)18-10-12-5-3-4-6-13(12)16/h3-6,9H,7-8,10H2,1-2H3,(H2,17,18,19,20). The Labute approximate surface area is 123 Å². The summed E-state index contributed by atoms with van der Waals surface area (Å²) in [7, 11) is 1.65. The Balaban J connectivity index is 2.01. The molecule has 0 bridgehead atoms. The van der Waals surface area contributed by atoms with Crippen LogP contribution in [0.25, 0.3) is 0 Å². The predicted octanol–water partition coefficient (Wildman–Crippen LogP) is 2.59. The molecule has 0 fully saturated rings. The van der Waals surface area contributed by atoms with E-state index in [-0.39, 0.29) is 5.82 Å². The fourth-order valence-electron chi connectivity index (χ4n) is 1.84. The quantitative estimate of drug-likeness (QED) is 0.768. The van der Waals surface area contributed by atoms with Gasteiger partial charge in [-0.15, -0.1) is 0 Å². The number of methoxy groups -OCH3 is 1. The summed E-state index contributed by atoms with van der Waals surface area (Å²) in [4.78, 5) is 8.63. The van der Waals surface area contributed by atoms with Crippen molar-refractivity contribution in [2.24, 2.45) is 0 Å². The van der Waals surface area contributed by atoms with E-state index in [9.17, 15) is 4.39 Å². The molecule has 0 saturated heterocycles. The third-order valence-electron chi connectivity index (χ3n) is 2.86. The van der Waals surface area contributed by atoms with Gasteiger partial charge in [0.15, 0.2) is 0 Å². The van der Waals surface area contributed by atoms with Crippen molar-refractivity contribution in [3.8, 4) is 0 Å². The summed E-state index contributed by atoms with van der Waals surface area (Å²) in [5.74, 6) is 0.949. The van der Waals surface area contributed by atoms with Gasteiger partial charge >= 0.3 is 0 Å². The van der Waals surface area contributed by atoms with Crippen LogP contribution in [0.3, 0.4) is 0 Å². The number of anilines is 2.